The molecule has 0 spiro atoms. The lowest BCUT2D eigenvalue weighted by Crippen LogP contribution is -2.14. The van der Waals surface area contributed by atoms with E-state index in [9.17, 15) is 0 Å². The quantitative estimate of drug-likeness (QED) is 0.816. The zero-order valence-corrected chi connectivity index (χ0v) is 9.93. The molecular formula is C11H19NOS. The van der Waals surface area contributed by atoms with Gasteiger partial charge in [-0.1, -0.05) is 13.8 Å². The molecule has 0 saturated heterocycles. The molecule has 1 aromatic heterocycles. The van der Waals surface area contributed by atoms with Crippen LogP contribution in [0.5, 0.6) is 0 Å². The fraction of sp³-hybridized carbons (Fsp3) is 0.636. The van der Waals surface area contributed by atoms with Crippen LogP contribution in [0.4, 0.5) is 0 Å². The third-order valence-corrected chi connectivity index (χ3v) is 3.43. The summed E-state index contributed by atoms with van der Waals surface area (Å²) in [6.45, 7) is 7.80. The number of rotatable bonds is 5. The zero-order valence-electron chi connectivity index (χ0n) is 9.12. The van der Waals surface area contributed by atoms with Gasteiger partial charge < -0.3 is 10.5 Å². The number of nitrogens with two attached hydrogens (primary N) is 1. The van der Waals surface area contributed by atoms with Crippen molar-refractivity contribution in [3.8, 4) is 0 Å². The molecular weight excluding hydrogens is 194 g/mol. The van der Waals surface area contributed by atoms with Crippen LogP contribution in [0.1, 0.15) is 30.5 Å². The maximum absolute atomic E-state index is 5.72. The molecule has 0 aliphatic rings. The van der Waals surface area contributed by atoms with Gasteiger partial charge in [-0.25, -0.2) is 0 Å². The van der Waals surface area contributed by atoms with Gasteiger partial charge in [-0.15, -0.1) is 11.3 Å². The molecule has 1 heterocycles. The van der Waals surface area contributed by atoms with E-state index >= 15 is 0 Å². The molecule has 0 radical (unpaired) electrons. The molecule has 80 valence electrons. The lowest BCUT2D eigenvalue weighted by molar-refractivity contribution is 0.0249. The molecule has 0 aliphatic carbocycles. The largest absolute Gasteiger partial charge is 0.373 e. The molecule has 0 aromatic carbocycles. The second-order valence-electron chi connectivity index (χ2n) is 3.83. The maximum Gasteiger partial charge on any atom is 0.0813 e. The van der Waals surface area contributed by atoms with Gasteiger partial charge in [0.05, 0.1) is 12.7 Å². The Morgan fingerprint density at radius 1 is 1.29 bits per heavy atom. The van der Waals surface area contributed by atoms with Crippen LogP contribution in [0.25, 0.3) is 0 Å². The summed E-state index contributed by atoms with van der Waals surface area (Å²) in [6.07, 6.45) is 0.318. The Morgan fingerprint density at radius 2 is 1.93 bits per heavy atom. The van der Waals surface area contributed by atoms with Gasteiger partial charge in [-0.05, 0) is 25.0 Å². The normalized spacial score (nSPS) is 13.5. The van der Waals surface area contributed by atoms with Gasteiger partial charge in [0, 0.05) is 16.3 Å². The van der Waals surface area contributed by atoms with E-state index in [1.54, 1.807) is 11.3 Å². The Morgan fingerprint density at radius 3 is 2.43 bits per heavy atom. The van der Waals surface area contributed by atoms with Gasteiger partial charge in [0.1, 0.15) is 0 Å². The van der Waals surface area contributed by atoms with Crippen molar-refractivity contribution in [3.63, 3.8) is 0 Å². The van der Waals surface area contributed by atoms with Crippen molar-refractivity contribution in [1.82, 2.24) is 0 Å². The summed E-state index contributed by atoms with van der Waals surface area (Å²) in [5, 5.41) is 0. The molecule has 0 saturated carbocycles. The van der Waals surface area contributed by atoms with Crippen LogP contribution < -0.4 is 5.73 Å². The summed E-state index contributed by atoms with van der Waals surface area (Å²) in [6, 6.07) is 4.17. The van der Waals surface area contributed by atoms with Crippen LogP contribution in [0.2, 0.25) is 0 Å². The summed E-state index contributed by atoms with van der Waals surface area (Å²) in [5.41, 5.74) is 5.54. The van der Waals surface area contributed by atoms with E-state index in [-0.39, 0.29) is 0 Å². The van der Waals surface area contributed by atoms with E-state index in [0.717, 1.165) is 0 Å². The fourth-order valence-electron chi connectivity index (χ4n) is 1.02. The lowest BCUT2D eigenvalue weighted by atomic mass is 10.1. The van der Waals surface area contributed by atoms with Gasteiger partial charge in [0.25, 0.3) is 0 Å². The zero-order chi connectivity index (χ0) is 10.6. The smallest absolute Gasteiger partial charge is 0.0813 e. The number of hydrogen-bond acceptors (Lipinski definition) is 3. The Balaban J connectivity index is 2.37. The summed E-state index contributed by atoms with van der Waals surface area (Å²) < 4.78 is 5.72. The summed E-state index contributed by atoms with van der Waals surface area (Å²) in [7, 11) is 0. The third-order valence-electron chi connectivity index (χ3n) is 2.35. The molecule has 3 heteroatoms. The molecule has 1 rings (SSSR count). The molecule has 0 amide bonds. The van der Waals surface area contributed by atoms with Crippen molar-refractivity contribution in [2.75, 3.05) is 0 Å². The Labute approximate surface area is 90.1 Å². The Hall–Kier alpha value is -0.380. The van der Waals surface area contributed by atoms with Crippen molar-refractivity contribution in [2.24, 2.45) is 11.7 Å². The van der Waals surface area contributed by atoms with Gasteiger partial charge >= 0.3 is 0 Å². The van der Waals surface area contributed by atoms with Gasteiger partial charge in [-0.3, -0.25) is 0 Å². The van der Waals surface area contributed by atoms with E-state index in [0.29, 0.717) is 25.2 Å². The minimum atomic E-state index is 0.318. The molecule has 0 bridgehead atoms. The monoisotopic (exact) mass is 213 g/mol. The van der Waals surface area contributed by atoms with E-state index in [4.69, 9.17) is 10.5 Å². The van der Waals surface area contributed by atoms with Crippen LogP contribution >= 0.6 is 11.3 Å². The SMILES string of the molecule is CC(C)C(C)OCc1ccc(CN)s1. The van der Waals surface area contributed by atoms with Crippen molar-refractivity contribution < 1.29 is 4.74 Å². The van der Waals surface area contributed by atoms with Gasteiger partial charge in [-0.2, -0.15) is 0 Å². The highest BCUT2D eigenvalue weighted by Crippen LogP contribution is 2.18. The van der Waals surface area contributed by atoms with Crippen molar-refractivity contribution in [3.05, 3.63) is 21.9 Å². The van der Waals surface area contributed by atoms with Gasteiger partial charge in [0.2, 0.25) is 0 Å². The van der Waals surface area contributed by atoms with E-state index in [2.05, 4.69) is 32.9 Å². The number of thiophene rings is 1. The predicted octanol–water partition coefficient (Wildman–Crippen LogP) is 2.77. The molecule has 2 N–H and O–H groups in total. The lowest BCUT2D eigenvalue weighted by Gasteiger charge is -2.15. The average Bonchev–Trinajstić information content (AvgIpc) is 2.61. The molecule has 0 aliphatic heterocycles. The Kier molecular flexibility index (Phi) is 4.58. The third kappa shape index (κ3) is 3.40. The highest BCUT2D eigenvalue weighted by atomic mass is 32.1. The molecule has 1 aromatic rings. The predicted molar refractivity (Wildman–Crippen MR) is 61.3 cm³/mol. The fourth-order valence-corrected chi connectivity index (χ4v) is 1.83. The van der Waals surface area contributed by atoms with Crippen LogP contribution in [0, 0.1) is 5.92 Å². The highest BCUT2D eigenvalue weighted by molar-refractivity contribution is 7.11. The standard InChI is InChI=1S/C11H19NOS/c1-8(2)9(3)13-7-11-5-4-10(6-12)14-11/h4-5,8-9H,6-7,12H2,1-3H3. The summed E-state index contributed by atoms with van der Waals surface area (Å²) in [5.74, 6) is 0.573. The number of hydrogen-bond donors (Lipinski definition) is 1. The first-order valence-corrected chi connectivity index (χ1v) is 5.84. The minimum absolute atomic E-state index is 0.318. The average molecular weight is 213 g/mol. The summed E-state index contributed by atoms with van der Waals surface area (Å²) >= 11 is 1.74. The molecule has 1 atom stereocenters. The molecule has 2 nitrogen and oxygen atoms in total. The minimum Gasteiger partial charge on any atom is -0.373 e. The first-order valence-electron chi connectivity index (χ1n) is 5.02. The first kappa shape index (κ1) is 11.7. The maximum atomic E-state index is 5.72. The van der Waals surface area contributed by atoms with E-state index < -0.39 is 0 Å². The van der Waals surface area contributed by atoms with E-state index in [1.165, 1.54) is 9.75 Å². The molecule has 1 unspecified atom stereocenters. The van der Waals surface area contributed by atoms with Crippen LogP contribution in [0.3, 0.4) is 0 Å². The van der Waals surface area contributed by atoms with Crippen molar-refractivity contribution >= 4 is 11.3 Å². The Bertz CT molecular complexity index is 270. The second kappa shape index (κ2) is 5.49. The van der Waals surface area contributed by atoms with Crippen LogP contribution in [0.15, 0.2) is 12.1 Å². The highest BCUT2D eigenvalue weighted by Gasteiger charge is 2.07. The molecule has 14 heavy (non-hydrogen) atoms. The molecule has 0 fully saturated rings. The van der Waals surface area contributed by atoms with Crippen molar-refractivity contribution in [2.45, 2.75) is 40.0 Å². The first-order chi connectivity index (χ1) is 6.63. The van der Waals surface area contributed by atoms with Crippen LogP contribution in [-0.2, 0) is 17.9 Å². The number of ether oxygens (including phenoxy) is 1. The van der Waals surface area contributed by atoms with Crippen LogP contribution in [-0.4, -0.2) is 6.10 Å². The second-order valence-corrected chi connectivity index (χ2v) is 5.09. The van der Waals surface area contributed by atoms with E-state index in [1.807, 2.05) is 0 Å². The summed E-state index contributed by atoms with van der Waals surface area (Å²) in [4.78, 5) is 2.48. The topological polar surface area (TPSA) is 35.2 Å². The van der Waals surface area contributed by atoms with Gasteiger partial charge in [0.15, 0.2) is 0 Å². The van der Waals surface area contributed by atoms with Crippen molar-refractivity contribution in [1.29, 1.82) is 0 Å².